The van der Waals surface area contributed by atoms with Crippen LogP contribution >= 0.6 is 11.6 Å². The van der Waals surface area contributed by atoms with Gasteiger partial charge in [-0.1, -0.05) is 23.7 Å². The topological polar surface area (TPSA) is 43.1 Å². The third-order valence-electron chi connectivity index (χ3n) is 3.56. The van der Waals surface area contributed by atoms with Gasteiger partial charge in [-0.3, -0.25) is 9.69 Å². The molecule has 5 nitrogen and oxygen atoms in total. The zero-order valence-corrected chi connectivity index (χ0v) is 12.8. The summed E-state index contributed by atoms with van der Waals surface area (Å²) in [6, 6.07) is 9.44. The monoisotopic (exact) mass is 302 g/mol. The second-order valence-corrected chi connectivity index (χ2v) is 5.41. The molecule has 0 unspecified atom stereocenters. The van der Waals surface area contributed by atoms with Crippen LogP contribution in [0.15, 0.2) is 36.5 Å². The van der Waals surface area contributed by atoms with Crippen molar-refractivity contribution in [3.8, 4) is 0 Å². The summed E-state index contributed by atoms with van der Waals surface area (Å²) in [5.74, 6) is 0.446. The molecule has 0 bridgehead atoms. The number of hydrogen-bond acceptors (Lipinski definition) is 2. The van der Waals surface area contributed by atoms with E-state index in [1.165, 1.54) is 4.90 Å². The number of nitrogens with zero attached hydrogens (tertiary/aromatic N) is 4. The van der Waals surface area contributed by atoms with Gasteiger partial charge in [0.15, 0.2) is 0 Å². The average molecular weight is 303 g/mol. The zero-order chi connectivity index (χ0) is 15.1. The molecule has 3 aromatic rings. The lowest BCUT2D eigenvalue weighted by molar-refractivity contribution is 0.0983. The molecule has 0 radical (unpaired) electrons. The number of carbonyl (C=O) groups excluding carboxylic acids is 1. The molecule has 2 aromatic heterocycles. The van der Waals surface area contributed by atoms with Crippen molar-refractivity contribution in [2.75, 3.05) is 11.9 Å². The second kappa shape index (κ2) is 4.93. The van der Waals surface area contributed by atoms with Gasteiger partial charge in [-0.2, -0.15) is 0 Å². The first kappa shape index (κ1) is 13.7. The van der Waals surface area contributed by atoms with E-state index in [1.807, 2.05) is 35.9 Å². The summed E-state index contributed by atoms with van der Waals surface area (Å²) in [5.41, 5.74) is 2.37. The largest absolute Gasteiger partial charge is 0.345 e. The van der Waals surface area contributed by atoms with Crippen molar-refractivity contribution in [1.29, 1.82) is 0 Å². The number of anilines is 1. The Balaban J connectivity index is 2.04. The Morgan fingerprint density at radius 3 is 2.62 bits per heavy atom. The number of fused-ring (bicyclic) bond motifs is 1. The van der Waals surface area contributed by atoms with E-state index in [-0.39, 0.29) is 5.91 Å². The molecule has 0 aliphatic rings. The van der Waals surface area contributed by atoms with Gasteiger partial charge in [0.2, 0.25) is 5.95 Å². The SMILES string of the molecule is CN(C(=O)c1cc(Cl)cn1C)c1nc2ccccc2n1C. The van der Waals surface area contributed by atoms with Crippen LogP contribution in [0.25, 0.3) is 11.0 Å². The molecule has 0 atom stereocenters. The van der Waals surface area contributed by atoms with E-state index in [2.05, 4.69) is 4.98 Å². The van der Waals surface area contributed by atoms with Gasteiger partial charge in [-0.15, -0.1) is 0 Å². The van der Waals surface area contributed by atoms with Crippen molar-refractivity contribution in [2.45, 2.75) is 0 Å². The van der Waals surface area contributed by atoms with Crippen LogP contribution in [0.2, 0.25) is 5.02 Å². The number of para-hydroxylation sites is 2. The van der Waals surface area contributed by atoms with E-state index in [4.69, 9.17) is 11.6 Å². The normalized spacial score (nSPS) is 11.0. The minimum atomic E-state index is -0.150. The molecule has 1 aromatic carbocycles. The van der Waals surface area contributed by atoms with Gasteiger partial charge in [-0.05, 0) is 18.2 Å². The van der Waals surface area contributed by atoms with Crippen molar-refractivity contribution in [3.63, 3.8) is 0 Å². The predicted molar refractivity (Wildman–Crippen MR) is 83.9 cm³/mol. The summed E-state index contributed by atoms with van der Waals surface area (Å²) in [4.78, 5) is 18.7. The molecule has 0 N–H and O–H groups in total. The van der Waals surface area contributed by atoms with Crippen molar-refractivity contribution >= 4 is 34.5 Å². The van der Waals surface area contributed by atoms with Crippen molar-refractivity contribution in [2.24, 2.45) is 14.1 Å². The highest BCUT2D eigenvalue weighted by molar-refractivity contribution is 6.31. The Hall–Kier alpha value is -2.27. The molecule has 6 heteroatoms. The number of benzene rings is 1. The summed E-state index contributed by atoms with van der Waals surface area (Å²) in [7, 11) is 5.40. The quantitative estimate of drug-likeness (QED) is 0.730. The third kappa shape index (κ3) is 2.19. The molecular formula is C15H15ClN4O. The summed E-state index contributed by atoms with van der Waals surface area (Å²) in [6.07, 6.45) is 1.71. The molecular weight excluding hydrogens is 288 g/mol. The Morgan fingerprint density at radius 1 is 1.29 bits per heavy atom. The predicted octanol–water partition coefficient (Wildman–Crippen LogP) is 2.84. The molecule has 1 amide bonds. The number of halogens is 1. The second-order valence-electron chi connectivity index (χ2n) is 4.98. The van der Waals surface area contributed by atoms with Crippen LogP contribution < -0.4 is 4.90 Å². The van der Waals surface area contributed by atoms with Gasteiger partial charge in [0.1, 0.15) is 5.69 Å². The summed E-state index contributed by atoms with van der Waals surface area (Å²) >= 11 is 5.94. The van der Waals surface area contributed by atoms with Crippen LogP contribution in [-0.4, -0.2) is 27.1 Å². The molecule has 0 fully saturated rings. The first-order valence-corrected chi connectivity index (χ1v) is 6.88. The Morgan fingerprint density at radius 2 is 2.00 bits per heavy atom. The standard InChI is InChI=1S/C15H15ClN4O/c1-18-9-10(16)8-13(18)14(21)20(3)15-17-11-6-4-5-7-12(11)19(15)2/h4-9H,1-3H3. The third-order valence-corrected chi connectivity index (χ3v) is 3.77. The summed E-state index contributed by atoms with van der Waals surface area (Å²) in [5, 5.41) is 0.541. The number of aryl methyl sites for hydroxylation is 2. The minimum Gasteiger partial charge on any atom is -0.345 e. The molecule has 108 valence electrons. The molecule has 0 aliphatic carbocycles. The fourth-order valence-electron chi connectivity index (χ4n) is 2.43. The van der Waals surface area contributed by atoms with Gasteiger partial charge in [0.05, 0.1) is 16.1 Å². The highest BCUT2D eigenvalue weighted by Gasteiger charge is 2.21. The van der Waals surface area contributed by atoms with Crippen LogP contribution in [0.1, 0.15) is 10.5 Å². The van der Waals surface area contributed by atoms with Gasteiger partial charge in [0.25, 0.3) is 5.91 Å². The lowest BCUT2D eigenvalue weighted by atomic mass is 10.3. The molecule has 0 aliphatic heterocycles. The van der Waals surface area contributed by atoms with Crippen molar-refractivity contribution in [3.05, 3.63) is 47.2 Å². The molecule has 0 spiro atoms. The maximum absolute atomic E-state index is 12.6. The van der Waals surface area contributed by atoms with Crippen LogP contribution in [0.4, 0.5) is 5.95 Å². The van der Waals surface area contributed by atoms with Crippen LogP contribution in [0, 0.1) is 0 Å². The highest BCUT2D eigenvalue weighted by Crippen LogP contribution is 2.22. The number of rotatable bonds is 2. The fraction of sp³-hybridized carbons (Fsp3) is 0.200. The fourth-order valence-corrected chi connectivity index (χ4v) is 2.68. The van der Waals surface area contributed by atoms with E-state index in [0.29, 0.717) is 16.7 Å². The smallest absolute Gasteiger partial charge is 0.276 e. The Bertz CT molecular complexity index is 833. The molecule has 2 heterocycles. The molecule has 21 heavy (non-hydrogen) atoms. The number of amides is 1. The van der Waals surface area contributed by atoms with Crippen LogP contribution in [-0.2, 0) is 14.1 Å². The Labute approximate surface area is 127 Å². The first-order chi connectivity index (χ1) is 9.99. The van der Waals surface area contributed by atoms with Crippen molar-refractivity contribution in [1.82, 2.24) is 14.1 Å². The van der Waals surface area contributed by atoms with Crippen LogP contribution in [0.3, 0.4) is 0 Å². The molecule has 0 saturated heterocycles. The van der Waals surface area contributed by atoms with E-state index in [0.717, 1.165) is 11.0 Å². The maximum Gasteiger partial charge on any atom is 0.276 e. The summed E-state index contributed by atoms with van der Waals surface area (Å²) < 4.78 is 3.61. The maximum atomic E-state index is 12.6. The van der Waals surface area contributed by atoms with Gasteiger partial charge < -0.3 is 9.13 Å². The summed E-state index contributed by atoms with van der Waals surface area (Å²) in [6.45, 7) is 0. The minimum absolute atomic E-state index is 0.150. The van der Waals surface area contributed by atoms with E-state index < -0.39 is 0 Å². The highest BCUT2D eigenvalue weighted by atomic mass is 35.5. The van der Waals surface area contributed by atoms with E-state index in [9.17, 15) is 4.79 Å². The number of aromatic nitrogens is 3. The van der Waals surface area contributed by atoms with Crippen molar-refractivity contribution < 1.29 is 4.79 Å². The number of hydrogen-bond donors (Lipinski definition) is 0. The van der Waals surface area contributed by atoms with Crippen LogP contribution in [0.5, 0.6) is 0 Å². The van der Waals surface area contributed by atoms with Gasteiger partial charge in [0, 0.05) is 27.3 Å². The number of imidazole rings is 1. The first-order valence-electron chi connectivity index (χ1n) is 6.50. The molecule has 0 saturated carbocycles. The van der Waals surface area contributed by atoms with Gasteiger partial charge in [-0.25, -0.2) is 4.98 Å². The lowest BCUT2D eigenvalue weighted by Crippen LogP contribution is -2.30. The van der Waals surface area contributed by atoms with E-state index >= 15 is 0 Å². The lowest BCUT2D eigenvalue weighted by Gasteiger charge is -2.16. The average Bonchev–Trinajstić information content (AvgIpc) is 2.98. The molecule has 3 rings (SSSR count). The zero-order valence-electron chi connectivity index (χ0n) is 12.0. The number of carbonyl (C=O) groups is 1. The van der Waals surface area contributed by atoms with Gasteiger partial charge >= 0.3 is 0 Å². The Kier molecular flexibility index (Phi) is 3.22. The van der Waals surface area contributed by atoms with E-state index in [1.54, 1.807) is 30.9 Å².